The molecule has 1 aliphatic heterocycles. The molecule has 0 spiro atoms. The van der Waals surface area contributed by atoms with Gasteiger partial charge >= 0.3 is 0 Å². The van der Waals surface area contributed by atoms with Crippen molar-refractivity contribution in [1.29, 1.82) is 0 Å². The van der Waals surface area contributed by atoms with Gasteiger partial charge in [-0.05, 0) is 42.5 Å². The molecule has 1 aromatic rings. The standard InChI is InChI=1S/C15H22N2O2/c1-15(6-3-7-16-10-15)11-17-14(19)9-12-4-2-5-13(18)8-12/h2,4-5,8,16,18H,3,6-7,9-11H2,1H3,(H,17,19). The van der Waals surface area contributed by atoms with E-state index < -0.39 is 0 Å². The molecular formula is C15H22N2O2. The number of hydrogen-bond donors (Lipinski definition) is 3. The molecule has 2 rings (SSSR count). The molecule has 1 amide bonds. The molecule has 1 atom stereocenters. The Morgan fingerprint density at radius 3 is 3.05 bits per heavy atom. The first-order valence-electron chi connectivity index (χ1n) is 6.83. The van der Waals surface area contributed by atoms with Crippen molar-refractivity contribution >= 4 is 5.91 Å². The van der Waals surface area contributed by atoms with Crippen LogP contribution < -0.4 is 10.6 Å². The van der Waals surface area contributed by atoms with E-state index in [-0.39, 0.29) is 17.1 Å². The summed E-state index contributed by atoms with van der Waals surface area (Å²) in [6, 6.07) is 6.84. The average Bonchev–Trinajstić information content (AvgIpc) is 2.38. The highest BCUT2D eigenvalue weighted by Crippen LogP contribution is 2.24. The molecule has 4 nitrogen and oxygen atoms in total. The second-order valence-electron chi connectivity index (χ2n) is 5.71. The van der Waals surface area contributed by atoms with E-state index in [1.807, 2.05) is 6.07 Å². The predicted molar refractivity (Wildman–Crippen MR) is 75.0 cm³/mol. The molecule has 19 heavy (non-hydrogen) atoms. The third-order valence-corrected chi connectivity index (χ3v) is 3.67. The topological polar surface area (TPSA) is 61.4 Å². The number of amides is 1. The Morgan fingerprint density at radius 1 is 1.53 bits per heavy atom. The molecule has 0 aromatic heterocycles. The summed E-state index contributed by atoms with van der Waals surface area (Å²) in [5.41, 5.74) is 0.997. The number of nitrogens with one attached hydrogen (secondary N) is 2. The zero-order chi connectivity index (χ0) is 13.7. The van der Waals surface area contributed by atoms with E-state index in [1.165, 1.54) is 6.42 Å². The SMILES string of the molecule is CC1(CNC(=O)Cc2cccc(O)c2)CCCNC1. The van der Waals surface area contributed by atoms with Gasteiger partial charge in [0.15, 0.2) is 0 Å². The summed E-state index contributed by atoms with van der Waals surface area (Å²) in [5.74, 6) is 0.214. The molecule has 1 aliphatic rings. The van der Waals surface area contributed by atoms with Gasteiger partial charge < -0.3 is 15.7 Å². The highest BCUT2D eigenvalue weighted by Gasteiger charge is 2.26. The Morgan fingerprint density at radius 2 is 2.37 bits per heavy atom. The molecule has 1 fully saturated rings. The van der Waals surface area contributed by atoms with Crippen LogP contribution >= 0.6 is 0 Å². The lowest BCUT2D eigenvalue weighted by Gasteiger charge is -2.34. The molecule has 3 N–H and O–H groups in total. The molecule has 1 aromatic carbocycles. The Labute approximate surface area is 114 Å². The molecule has 1 unspecified atom stereocenters. The third kappa shape index (κ3) is 4.24. The zero-order valence-corrected chi connectivity index (χ0v) is 11.4. The van der Waals surface area contributed by atoms with Crippen LogP contribution in [0.15, 0.2) is 24.3 Å². The molecule has 0 bridgehead atoms. The van der Waals surface area contributed by atoms with Crippen LogP contribution in [0.5, 0.6) is 5.75 Å². The fourth-order valence-electron chi connectivity index (χ4n) is 2.50. The minimum Gasteiger partial charge on any atom is -0.508 e. The highest BCUT2D eigenvalue weighted by atomic mass is 16.3. The van der Waals surface area contributed by atoms with Crippen LogP contribution in [0.3, 0.4) is 0 Å². The quantitative estimate of drug-likeness (QED) is 0.769. The molecule has 0 saturated carbocycles. The maximum atomic E-state index is 11.9. The lowest BCUT2D eigenvalue weighted by molar-refractivity contribution is -0.121. The van der Waals surface area contributed by atoms with Gasteiger partial charge in [-0.3, -0.25) is 4.79 Å². The van der Waals surface area contributed by atoms with Gasteiger partial charge in [-0.1, -0.05) is 19.1 Å². The number of piperidine rings is 1. The van der Waals surface area contributed by atoms with Crippen molar-refractivity contribution < 1.29 is 9.90 Å². The van der Waals surface area contributed by atoms with Gasteiger partial charge in [0, 0.05) is 13.1 Å². The summed E-state index contributed by atoms with van der Waals surface area (Å²) in [6.45, 7) is 4.94. The Balaban J connectivity index is 1.81. The first-order valence-corrected chi connectivity index (χ1v) is 6.83. The van der Waals surface area contributed by atoms with E-state index in [0.717, 1.165) is 25.1 Å². The maximum Gasteiger partial charge on any atom is 0.224 e. The lowest BCUT2D eigenvalue weighted by Crippen LogP contribution is -2.45. The summed E-state index contributed by atoms with van der Waals surface area (Å²) in [5, 5.41) is 15.7. The lowest BCUT2D eigenvalue weighted by atomic mass is 9.83. The van der Waals surface area contributed by atoms with E-state index in [9.17, 15) is 9.90 Å². The van der Waals surface area contributed by atoms with Gasteiger partial charge in [0.25, 0.3) is 0 Å². The highest BCUT2D eigenvalue weighted by molar-refractivity contribution is 5.78. The average molecular weight is 262 g/mol. The predicted octanol–water partition coefficient (Wildman–Crippen LogP) is 1.44. The van der Waals surface area contributed by atoms with Crippen molar-refractivity contribution in [1.82, 2.24) is 10.6 Å². The Kier molecular flexibility index (Phi) is 4.43. The number of aromatic hydroxyl groups is 1. The van der Waals surface area contributed by atoms with Crippen LogP contribution in [0.2, 0.25) is 0 Å². The zero-order valence-electron chi connectivity index (χ0n) is 11.4. The number of rotatable bonds is 4. The van der Waals surface area contributed by atoms with Crippen molar-refractivity contribution in [3.63, 3.8) is 0 Å². The number of benzene rings is 1. The second kappa shape index (κ2) is 6.06. The Hall–Kier alpha value is -1.55. The number of phenols is 1. The van der Waals surface area contributed by atoms with Crippen LogP contribution in [-0.2, 0) is 11.2 Å². The van der Waals surface area contributed by atoms with Gasteiger partial charge in [-0.2, -0.15) is 0 Å². The normalized spacial score (nSPS) is 23.0. The van der Waals surface area contributed by atoms with E-state index in [0.29, 0.717) is 13.0 Å². The van der Waals surface area contributed by atoms with E-state index in [2.05, 4.69) is 17.6 Å². The van der Waals surface area contributed by atoms with Crippen LogP contribution in [0.4, 0.5) is 0 Å². The molecule has 104 valence electrons. The molecular weight excluding hydrogens is 240 g/mol. The number of phenolic OH excluding ortho intramolecular Hbond substituents is 1. The number of carbonyl (C=O) groups is 1. The summed E-state index contributed by atoms with van der Waals surface area (Å²) < 4.78 is 0. The molecule has 1 saturated heterocycles. The molecule has 0 radical (unpaired) electrons. The summed E-state index contributed by atoms with van der Waals surface area (Å²) in [6.07, 6.45) is 2.63. The van der Waals surface area contributed by atoms with Crippen LogP contribution in [0.1, 0.15) is 25.3 Å². The number of hydrogen-bond acceptors (Lipinski definition) is 3. The summed E-state index contributed by atoms with van der Waals surface area (Å²) in [7, 11) is 0. The van der Waals surface area contributed by atoms with Gasteiger partial charge in [0.05, 0.1) is 6.42 Å². The monoisotopic (exact) mass is 262 g/mol. The van der Waals surface area contributed by atoms with Crippen LogP contribution in [-0.4, -0.2) is 30.6 Å². The smallest absolute Gasteiger partial charge is 0.224 e. The first-order chi connectivity index (χ1) is 9.07. The minimum absolute atomic E-state index is 0.0115. The summed E-state index contributed by atoms with van der Waals surface area (Å²) >= 11 is 0. The van der Waals surface area contributed by atoms with Crippen LogP contribution in [0, 0.1) is 5.41 Å². The van der Waals surface area contributed by atoms with Crippen molar-refractivity contribution in [2.24, 2.45) is 5.41 Å². The molecule has 1 heterocycles. The van der Waals surface area contributed by atoms with Gasteiger partial charge in [-0.15, -0.1) is 0 Å². The fraction of sp³-hybridized carbons (Fsp3) is 0.533. The molecule has 4 heteroatoms. The number of carbonyl (C=O) groups excluding carboxylic acids is 1. The van der Waals surface area contributed by atoms with Gasteiger partial charge in [-0.25, -0.2) is 0 Å². The largest absolute Gasteiger partial charge is 0.508 e. The van der Waals surface area contributed by atoms with E-state index >= 15 is 0 Å². The van der Waals surface area contributed by atoms with Gasteiger partial charge in [0.1, 0.15) is 5.75 Å². The van der Waals surface area contributed by atoms with E-state index in [4.69, 9.17) is 0 Å². The van der Waals surface area contributed by atoms with Crippen LogP contribution in [0.25, 0.3) is 0 Å². The second-order valence-corrected chi connectivity index (χ2v) is 5.71. The Bertz CT molecular complexity index is 440. The van der Waals surface area contributed by atoms with Crippen molar-refractivity contribution in [2.75, 3.05) is 19.6 Å². The van der Waals surface area contributed by atoms with Gasteiger partial charge in [0.2, 0.25) is 5.91 Å². The van der Waals surface area contributed by atoms with E-state index in [1.54, 1.807) is 18.2 Å². The summed E-state index contributed by atoms with van der Waals surface area (Å²) in [4.78, 5) is 11.9. The first kappa shape index (κ1) is 13.9. The third-order valence-electron chi connectivity index (χ3n) is 3.67. The minimum atomic E-state index is 0.0115. The van der Waals surface area contributed by atoms with Crippen molar-refractivity contribution in [3.05, 3.63) is 29.8 Å². The van der Waals surface area contributed by atoms with Crippen molar-refractivity contribution in [3.8, 4) is 5.75 Å². The fourth-order valence-corrected chi connectivity index (χ4v) is 2.50. The van der Waals surface area contributed by atoms with Crippen molar-refractivity contribution in [2.45, 2.75) is 26.2 Å². The molecule has 0 aliphatic carbocycles. The maximum absolute atomic E-state index is 11.9.